The van der Waals surface area contributed by atoms with Gasteiger partial charge in [-0.05, 0) is 50.8 Å². The minimum atomic E-state index is -0.539. The van der Waals surface area contributed by atoms with E-state index in [1.54, 1.807) is 15.8 Å². The van der Waals surface area contributed by atoms with Gasteiger partial charge >= 0.3 is 5.97 Å². The molecule has 0 aliphatic carbocycles. The Morgan fingerprint density at radius 3 is 2.45 bits per heavy atom. The van der Waals surface area contributed by atoms with E-state index in [1.807, 2.05) is 56.3 Å². The van der Waals surface area contributed by atoms with Gasteiger partial charge in [-0.1, -0.05) is 42.0 Å². The molecule has 1 aliphatic rings. The third-order valence-electron chi connectivity index (χ3n) is 5.63. The molecule has 0 saturated carbocycles. The van der Waals surface area contributed by atoms with E-state index in [1.165, 1.54) is 0 Å². The first-order chi connectivity index (χ1) is 15.0. The largest absolute Gasteiger partial charge is 0.452 e. The number of aryl methyl sites for hydroxylation is 2. The summed E-state index contributed by atoms with van der Waals surface area (Å²) in [6.07, 6.45) is 4.82. The van der Waals surface area contributed by atoms with Crippen molar-refractivity contribution in [3.8, 4) is 16.9 Å². The van der Waals surface area contributed by atoms with Gasteiger partial charge in [0.2, 0.25) is 0 Å². The minimum absolute atomic E-state index is 0.142. The highest BCUT2D eigenvalue weighted by atomic mass is 16.5. The van der Waals surface area contributed by atoms with E-state index >= 15 is 0 Å². The van der Waals surface area contributed by atoms with Crippen molar-refractivity contribution in [2.75, 3.05) is 19.7 Å². The highest BCUT2D eigenvalue weighted by Gasteiger charge is 2.23. The maximum absolute atomic E-state index is 13.0. The van der Waals surface area contributed by atoms with Crippen LogP contribution in [0.2, 0.25) is 0 Å². The number of hydrogen-bond donors (Lipinski definition) is 0. The molecule has 2 heterocycles. The number of amides is 1. The average molecular weight is 418 g/mol. The van der Waals surface area contributed by atoms with Crippen molar-refractivity contribution >= 4 is 11.9 Å². The number of piperidine rings is 1. The van der Waals surface area contributed by atoms with Crippen molar-refractivity contribution in [3.05, 3.63) is 71.4 Å². The molecule has 31 heavy (non-hydrogen) atoms. The molecule has 3 aromatic rings. The smallest absolute Gasteiger partial charge is 0.342 e. The van der Waals surface area contributed by atoms with Gasteiger partial charge in [0.1, 0.15) is 11.3 Å². The van der Waals surface area contributed by atoms with E-state index in [0.29, 0.717) is 11.3 Å². The van der Waals surface area contributed by atoms with Crippen molar-refractivity contribution in [2.24, 2.45) is 0 Å². The summed E-state index contributed by atoms with van der Waals surface area (Å²) in [5.41, 5.74) is 4.78. The number of rotatable bonds is 5. The van der Waals surface area contributed by atoms with E-state index in [4.69, 9.17) is 9.84 Å². The van der Waals surface area contributed by atoms with Gasteiger partial charge in [0.25, 0.3) is 5.91 Å². The van der Waals surface area contributed by atoms with E-state index < -0.39 is 5.97 Å². The molecule has 1 aliphatic heterocycles. The normalized spacial score (nSPS) is 13.8. The zero-order valence-corrected chi connectivity index (χ0v) is 18.0. The molecular formula is C25H27N3O3. The molecule has 0 N–H and O–H groups in total. The lowest BCUT2D eigenvalue weighted by Gasteiger charge is -2.26. The second-order valence-electron chi connectivity index (χ2n) is 8.01. The molecule has 6 heteroatoms. The summed E-state index contributed by atoms with van der Waals surface area (Å²) in [7, 11) is 0. The number of benzene rings is 2. The monoisotopic (exact) mass is 417 g/mol. The Morgan fingerprint density at radius 2 is 1.74 bits per heavy atom. The fourth-order valence-corrected chi connectivity index (χ4v) is 3.95. The average Bonchev–Trinajstić information content (AvgIpc) is 3.24. The third-order valence-corrected chi connectivity index (χ3v) is 5.63. The summed E-state index contributed by atoms with van der Waals surface area (Å²) < 4.78 is 7.11. The Balaban J connectivity index is 1.62. The van der Waals surface area contributed by atoms with Gasteiger partial charge < -0.3 is 9.64 Å². The second kappa shape index (κ2) is 9.16. The number of ether oxygens (including phenoxy) is 1. The van der Waals surface area contributed by atoms with Crippen LogP contribution in [0.5, 0.6) is 0 Å². The molecule has 6 nitrogen and oxygen atoms in total. The molecule has 0 bridgehead atoms. The van der Waals surface area contributed by atoms with Crippen LogP contribution in [-0.2, 0) is 9.53 Å². The predicted octanol–water partition coefficient (Wildman–Crippen LogP) is 4.33. The summed E-state index contributed by atoms with van der Waals surface area (Å²) in [5, 5.41) is 4.70. The molecule has 2 aromatic carbocycles. The predicted molar refractivity (Wildman–Crippen MR) is 119 cm³/mol. The number of likely N-dealkylation sites (tertiary alicyclic amines) is 1. The molecule has 160 valence electrons. The van der Waals surface area contributed by atoms with Crippen LogP contribution in [0, 0.1) is 13.8 Å². The molecule has 1 aromatic heterocycles. The fourth-order valence-electron chi connectivity index (χ4n) is 3.95. The van der Waals surface area contributed by atoms with Crippen molar-refractivity contribution in [2.45, 2.75) is 33.1 Å². The first-order valence-corrected chi connectivity index (χ1v) is 10.7. The number of para-hydroxylation sites is 1. The van der Waals surface area contributed by atoms with Gasteiger partial charge in [-0.15, -0.1) is 0 Å². The first-order valence-electron chi connectivity index (χ1n) is 10.7. The fraction of sp³-hybridized carbons (Fsp3) is 0.320. The molecule has 1 fully saturated rings. The highest BCUT2D eigenvalue weighted by Crippen LogP contribution is 2.28. The summed E-state index contributed by atoms with van der Waals surface area (Å²) in [5.74, 6) is -0.681. The third kappa shape index (κ3) is 4.68. The van der Waals surface area contributed by atoms with Crippen molar-refractivity contribution < 1.29 is 14.3 Å². The van der Waals surface area contributed by atoms with E-state index in [9.17, 15) is 9.59 Å². The van der Waals surface area contributed by atoms with E-state index in [2.05, 4.69) is 6.07 Å². The Kier molecular flexibility index (Phi) is 6.16. The summed E-state index contributed by atoms with van der Waals surface area (Å²) in [6.45, 7) is 5.24. The van der Waals surface area contributed by atoms with Crippen LogP contribution >= 0.6 is 0 Å². The lowest BCUT2D eigenvalue weighted by Crippen LogP contribution is -2.38. The quantitative estimate of drug-likeness (QED) is 0.580. The van der Waals surface area contributed by atoms with Gasteiger partial charge in [0, 0.05) is 24.8 Å². The van der Waals surface area contributed by atoms with Gasteiger partial charge in [0.05, 0.1) is 5.69 Å². The molecule has 0 unspecified atom stereocenters. The van der Waals surface area contributed by atoms with E-state index in [0.717, 1.165) is 54.7 Å². The number of carbonyl (C=O) groups excluding carboxylic acids is 2. The van der Waals surface area contributed by atoms with Crippen LogP contribution in [0.1, 0.15) is 40.7 Å². The van der Waals surface area contributed by atoms with Crippen molar-refractivity contribution in [1.82, 2.24) is 14.7 Å². The number of esters is 1. The van der Waals surface area contributed by atoms with Gasteiger partial charge in [-0.3, -0.25) is 4.79 Å². The summed E-state index contributed by atoms with van der Waals surface area (Å²) in [4.78, 5) is 27.2. The molecule has 1 amide bonds. The lowest BCUT2D eigenvalue weighted by molar-refractivity contribution is -0.135. The standard InChI is InChI=1S/C25H27N3O3/c1-18-11-12-21(19(2)15-18)24-22(16-28(26-24)20-9-5-3-6-10-20)25(30)31-17-23(29)27-13-7-4-8-14-27/h3,5-6,9-12,15-16H,4,7-8,13-14,17H2,1-2H3. The van der Waals surface area contributed by atoms with Crippen LogP contribution in [0.15, 0.2) is 54.7 Å². The summed E-state index contributed by atoms with van der Waals surface area (Å²) in [6, 6.07) is 15.6. The van der Waals surface area contributed by atoms with Crippen LogP contribution in [0.4, 0.5) is 0 Å². The van der Waals surface area contributed by atoms with Gasteiger partial charge in [0.15, 0.2) is 6.61 Å². The molecule has 0 radical (unpaired) electrons. The second-order valence-corrected chi connectivity index (χ2v) is 8.01. The number of nitrogens with zero attached hydrogens (tertiary/aromatic N) is 3. The maximum Gasteiger partial charge on any atom is 0.342 e. The Labute approximate surface area is 182 Å². The maximum atomic E-state index is 13.0. The minimum Gasteiger partial charge on any atom is -0.452 e. The van der Waals surface area contributed by atoms with Crippen LogP contribution < -0.4 is 0 Å². The summed E-state index contributed by atoms with van der Waals surface area (Å²) >= 11 is 0. The molecular weight excluding hydrogens is 390 g/mol. The Morgan fingerprint density at radius 1 is 1.00 bits per heavy atom. The Hall–Kier alpha value is -3.41. The van der Waals surface area contributed by atoms with Crippen LogP contribution in [0.3, 0.4) is 0 Å². The number of hydrogen-bond acceptors (Lipinski definition) is 4. The lowest BCUT2D eigenvalue weighted by atomic mass is 10.0. The van der Waals surface area contributed by atoms with Crippen molar-refractivity contribution in [1.29, 1.82) is 0 Å². The number of carbonyl (C=O) groups is 2. The highest BCUT2D eigenvalue weighted by molar-refractivity contribution is 5.97. The number of aromatic nitrogens is 2. The van der Waals surface area contributed by atoms with Gasteiger partial charge in [-0.2, -0.15) is 5.10 Å². The Bertz CT molecular complexity index is 1080. The molecule has 0 spiro atoms. The van der Waals surface area contributed by atoms with Crippen LogP contribution in [-0.4, -0.2) is 46.3 Å². The molecule has 1 saturated heterocycles. The molecule has 0 atom stereocenters. The zero-order valence-electron chi connectivity index (χ0n) is 18.0. The molecule has 4 rings (SSSR count). The first kappa shape index (κ1) is 20.8. The van der Waals surface area contributed by atoms with Crippen LogP contribution in [0.25, 0.3) is 16.9 Å². The van der Waals surface area contributed by atoms with E-state index in [-0.39, 0.29) is 12.5 Å². The zero-order chi connectivity index (χ0) is 21.8. The van der Waals surface area contributed by atoms with Crippen molar-refractivity contribution in [3.63, 3.8) is 0 Å². The topological polar surface area (TPSA) is 64.4 Å². The SMILES string of the molecule is Cc1ccc(-c2nn(-c3ccccc3)cc2C(=O)OCC(=O)N2CCCCC2)c(C)c1. The van der Waals surface area contributed by atoms with Gasteiger partial charge in [-0.25, -0.2) is 9.48 Å².